The van der Waals surface area contributed by atoms with Crippen molar-refractivity contribution >= 4 is 11.9 Å². The van der Waals surface area contributed by atoms with Gasteiger partial charge >= 0.3 is 18.1 Å². The van der Waals surface area contributed by atoms with Crippen LogP contribution in [0.1, 0.15) is 62.1 Å². The fourth-order valence-corrected chi connectivity index (χ4v) is 3.46. The molecule has 0 heterocycles. The molecule has 0 atom stereocenters. The van der Waals surface area contributed by atoms with Gasteiger partial charge in [0.05, 0.1) is 12.2 Å². The fourth-order valence-electron chi connectivity index (χ4n) is 3.46. The molecule has 0 aliphatic carbocycles. The first-order valence-corrected chi connectivity index (χ1v) is 11.1. The van der Waals surface area contributed by atoms with Gasteiger partial charge in [0.25, 0.3) is 0 Å². The topological polar surface area (TPSA) is 66.8 Å². The van der Waals surface area contributed by atoms with Crippen molar-refractivity contribution in [3.05, 3.63) is 65.2 Å². The van der Waals surface area contributed by atoms with Crippen LogP contribution in [0.5, 0.6) is 5.75 Å². The Morgan fingerprint density at radius 2 is 1.55 bits per heavy atom. The van der Waals surface area contributed by atoms with E-state index in [0.717, 1.165) is 23.8 Å². The molecule has 0 spiro atoms. The molecule has 0 aliphatic heterocycles. The number of unbranched alkanes of at least 4 members (excludes halogenated alkanes) is 5. The minimum Gasteiger partial charge on any atom is -0.494 e. The summed E-state index contributed by atoms with van der Waals surface area (Å²) in [5.74, 6) is -2.35. The van der Waals surface area contributed by atoms with Crippen LogP contribution in [0.3, 0.4) is 0 Å². The van der Waals surface area contributed by atoms with E-state index in [1.807, 2.05) is 0 Å². The molecular weight excluding hydrogens is 435 g/mol. The molecule has 0 aromatic heterocycles. The van der Waals surface area contributed by atoms with Gasteiger partial charge in [-0.1, -0.05) is 69.4 Å². The number of amides is 1. The van der Waals surface area contributed by atoms with Crippen molar-refractivity contribution < 1.29 is 32.6 Å². The van der Waals surface area contributed by atoms with Crippen LogP contribution < -0.4 is 4.74 Å². The molecule has 1 amide bonds. The lowest BCUT2D eigenvalue weighted by Gasteiger charge is -2.23. The maximum Gasteiger partial charge on any atom is 0.416 e. The molecule has 0 saturated carbocycles. The van der Waals surface area contributed by atoms with Gasteiger partial charge in [-0.3, -0.25) is 4.79 Å². The van der Waals surface area contributed by atoms with Gasteiger partial charge < -0.3 is 14.7 Å². The van der Waals surface area contributed by atoms with Crippen molar-refractivity contribution in [1.82, 2.24) is 4.90 Å². The van der Waals surface area contributed by atoms with Crippen LogP contribution in [0.25, 0.3) is 0 Å². The van der Waals surface area contributed by atoms with Crippen LogP contribution in [0, 0.1) is 0 Å². The van der Waals surface area contributed by atoms with Gasteiger partial charge in [0.2, 0.25) is 0 Å². The van der Waals surface area contributed by atoms with Crippen molar-refractivity contribution in [3.8, 4) is 5.75 Å². The van der Waals surface area contributed by atoms with E-state index < -0.39 is 30.2 Å². The lowest BCUT2D eigenvalue weighted by molar-refractivity contribution is -0.156. The Morgan fingerprint density at radius 3 is 2.18 bits per heavy atom. The first kappa shape index (κ1) is 26.2. The number of carboxylic acid groups (broad SMARTS) is 1. The Labute approximate surface area is 192 Å². The first-order chi connectivity index (χ1) is 15.7. The van der Waals surface area contributed by atoms with Gasteiger partial charge in [-0.15, -0.1) is 0 Å². The number of aliphatic carboxylic acids is 1. The molecule has 2 aromatic rings. The van der Waals surface area contributed by atoms with Crippen LogP contribution in [-0.4, -0.2) is 28.5 Å². The van der Waals surface area contributed by atoms with E-state index >= 15 is 0 Å². The molecule has 0 fully saturated rings. The zero-order chi connectivity index (χ0) is 24.3. The highest BCUT2D eigenvalue weighted by molar-refractivity contribution is 6.31. The molecular formula is C25H30F3NO4. The number of nitrogens with zero attached hydrogens (tertiary/aromatic N) is 1. The molecule has 2 rings (SSSR count). The summed E-state index contributed by atoms with van der Waals surface area (Å²) >= 11 is 0. The standard InChI is InChI=1S/C25H30F3NO4/c1-2-3-4-5-6-9-16-33-21-14-12-19(13-15-21)17-29(23(30)24(31)32)18-20-10-7-8-11-22(20)25(26,27)28/h7-8,10-15H,2-6,9,16-18H2,1H3,(H,31,32). The van der Waals surface area contributed by atoms with Crippen molar-refractivity contribution in [2.24, 2.45) is 0 Å². The van der Waals surface area contributed by atoms with E-state index in [2.05, 4.69) is 6.92 Å². The minimum absolute atomic E-state index is 0.144. The Hall–Kier alpha value is -3.03. The van der Waals surface area contributed by atoms with Crippen LogP contribution in [-0.2, 0) is 28.9 Å². The molecule has 8 heteroatoms. The van der Waals surface area contributed by atoms with Crippen molar-refractivity contribution in [3.63, 3.8) is 0 Å². The number of carbonyl (C=O) groups is 2. The van der Waals surface area contributed by atoms with Gasteiger partial charge in [0, 0.05) is 13.1 Å². The third-order valence-electron chi connectivity index (χ3n) is 5.22. The number of hydrogen-bond acceptors (Lipinski definition) is 3. The summed E-state index contributed by atoms with van der Waals surface area (Å²) in [6.07, 6.45) is 2.29. The molecule has 0 radical (unpaired) electrons. The van der Waals surface area contributed by atoms with Crippen molar-refractivity contribution in [2.45, 2.75) is 64.7 Å². The number of carbonyl (C=O) groups excluding carboxylic acids is 1. The number of halogens is 3. The Morgan fingerprint density at radius 1 is 0.909 bits per heavy atom. The first-order valence-electron chi connectivity index (χ1n) is 11.1. The van der Waals surface area contributed by atoms with Gasteiger partial charge in [0.1, 0.15) is 5.75 Å². The number of carboxylic acids is 1. The summed E-state index contributed by atoms with van der Waals surface area (Å²) in [7, 11) is 0. The lowest BCUT2D eigenvalue weighted by Crippen LogP contribution is -2.36. The molecule has 33 heavy (non-hydrogen) atoms. The van der Waals surface area contributed by atoms with Gasteiger partial charge in [-0.25, -0.2) is 4.79 Å². The van der Waals surface area contributed by atoms with E-state index in [4.69, 9.17) is 9.84 Å². The van der Waals surface area contributed by atoms with E-state index in [-0.39, 0.29) is 12.1 Å². The summed E-state index contributed by atoms with van der Waals surface area (Å²) in [6.45, 7) is 2.14. The monoisotopic (exact) mass is 465 g/mol. The number of alkyl halides is 3. The smallest absolute Gasteiger partial charge is 0.416 e. The quantitative estimate of drug-likeness (QED) is 0.306. The average Bonchev–Trinajstić information content (AvgIpc) is 2.78. The second-order valence-corrected chi connectivity index (χ2v) is 7.88. The average molecular weight is 466 g/mol. The second kappa shape index (κ2) is 12.9. The summed E-state index contributed by atoms with van der Waals surface area (Å²) in [4.78, 5) is 24.3. The molecule has 1 N–H and O–H groups in total. The van der Waals surface area contributed by atoms with Gasteiger partial charge in [-0.05, 0) is 35.7 Å². The largest absolute Gasteiger partial charge is 0.494 e. The summed E-state index contributed by atoms with van der Waals surface area (Å²) in [5, 5.41) is 9.14. The summed E-state index contributed by atoms with van der Waals surface area (Å²) < 4.78 is 45.6. The molecule has 2 aromatic carbocycles. The van der Waals surface area contributed by atoms with Crippen LogP contribution in [0.2, 0.25) is 0 Å². The maximum atomic E-state index is 13.3. The SMILES string of the molecule is CCCCCCCCOc1ccc(CN(Cc2ccccc2C(F)(F)F)C(=O)C(=O)O)cc1. The maximum absolute atomic E-state index is 13.3. The molecule has 5 nitrogen and oxygen atoms in total. The molecule has 0 unspecified atom stereocenters. The normalized spacial score (nSPS) is 11.3. The van der Waals surface area contributed by atoms with Crippen LogP contribution >= 0.6 is 0 Å². The predicted octanol–water partition coefficient (Wildman–Crippen LogP) is 6.06. The molecule has 0 bridgehead atoms. The fraction of sp³-hybridized carbons (Fsp3) is 0.440. The minimum atomic E-state index is -4.61. The highest BCUT2D eigenvalue weighted by Crippen LogP contribution is 2.32. The van der Waals surface area contributed by atoms with Gasteiger partial charge in [0.15, 0.2) is 0 Å². The number of benzene rings is 2. The zero-order valence-corrected chi connectivity index (χ0v) is 18.7. The zero-order valence-electron chi connectivity index (χ0n) is 18.7. The predicted molar refractivity (Wildman–Crippen MR) is 119 cm³/mol. The second-order valence-electron chi connectivity index (χ2n) is 7.88. The number of rotatable bonds is 12. The summed E-state index contributed by atoms with van der Waals surface area (Å²) in [6, 6.07) is 11.6. The number of ether oxygens (including phenoxy) is 1. The number of hydrogen-bond donors (Lipinski definition) is 1. The summed E-state index contributed by atoms with van der Waals surface area (Å²) in [5.41, 5.74) is -0.480. The van der Waals surface area contributed by atoms with E-state index in [1.54, 1.807) is 24.3 Å². The molecule has 0 aliphatic rings. The van der Waals surface area contributed by atoms with Crippen molar-refractivity contribution in [2.75, 3.05) is 6.61 Å². The third-order valence-corrected chi connectivity index (χ3v) is 5.22. The van der Waals surface area contributed by atoms with E-state index in [0.29, 0.717) is 17.9 Å². The van der Waals surface area contributed by atoms with E-state index in [1.165, 1.54) is 43.9 Å². The lowest BCUT2D eigenvalue weighted by atomic mass is 10.1. The third kappa shape index (κ3) is 8.79. The van der Waals surface area contributed by atoms with Crippen LogP contribution in [0.15, 0.2) is 48.5 Å². The van der Waals surface area contributed by atoms with Crippen molar-refractivity contribution in [1.29, 1.82) is 0 Å². The Kier molecular flexibility index (Phi) is 10.2. The Balaban J connectivity index is 2.01. The highest BCUT2D eigenvalue weighted by Gasteiger charge is 2.34. The molecule has 0 saturated heterocycles. The van der Waals surface area contributed by atoms with Gasteiger partial charge in [-0.2, -0.15) is 13.2 Å². The molecule has 180 valence electrons. The van der Waals surface area contributed by atoms with Crippen LogP contribution in [0.4, 0.5) is 13.2 Å². The van der Waals surface area contributed by atoms with E-state index in [9.17, 15) is 22.8 Å². The Bertz CT molecular complexity index is 897. The highest BCUT2D eigenvalue weighted by atomic mass is 19.4.